The first-order valence-corrected chi connectivity index (χ1v) is 25.5. The van der Waals surface area contributed by atoms with Gasteiger partial charge in [-0.3, -0.25) is 14.4 Å². The molecule has 0 spiro atoms. The van der Waals surface area contributed by atoms with Gasteiger partial charge in [-0.05, 0) is 44.5 Å². The Bertz CT molecular complexity index is 2650. The zero-order valence-corrected chi connectivity index (χ0v) is 42.9. The minimum atomic E-state index is -1.83. The van der Waals surface area contributed by atoms with Crippen LogP contribution < -0.4 is 16.0 Å². The van der Waals surface area contributed by atoms with Crippen LogP contribution in [0.4, 0.5) is 9.59 Å². The van der Waals surface area contributed by atoms with Crippen molar-refractivity contribution >= 4 is 31.0 Å². The van der Waals surface area contributed by atoms with E-state index in [-0.39, 0.29) is 64.3 Å². The highest BCUT2D eigenvalue weighted by Gasteiger charge is 2.52. The summed E-state index contributed by atoms with van der Waals surface area (Å²) in [5, 5.41) is 88.8. The van der Waals surface area contributed by atoms with Crippen molar-refractivity contribution in [2.75, 3.05) is 46.1 Å². The third-order valence-corrected chi connectivity index (χ3v) is 13.9. The lowest BCUT2D eigenvalue weighted by molar-refractivity contribution is -0.373. The van der Waals surface area contributed by atoms with Crippen molar-refractivity contribution in [3.05, 3.63) is 119 Å². The fourth-order valence-electron chi connectivity index (χ4n) is 10.1. The minimum Gasteiger partial charge on any atom is -0.449 e. The molecule has 4 aromatic rings. The zero-order valence-electron chi connectivity index (χ0n) is 42.9. The molecule has 11 N–H and O–H groups in total. The Morgan fingerprint density at radius 3 is 1.36 bits per heavy atom. The number of aliphatic hydroxyl groups is 8. The Morgan fingerprint density at radius 1 is 0.512 bits per heavy atom. The minimum absolute atomic E-state index is 0.00334. The molecule has 6 unspecified atom stereocenters. The quantitative estimate of drug-likeness (QED) is 0.0285. The highest BCUT2D eigenvalue weighted by Crippen LogP contribution is 2.46. The topological polar surface area (TPSA) is 376 Å². The summed E-state index contributed by atoms with van der Waals surface area (Å²) in [5.74, 6) is -0.813. The molecule has 2 aliphatic carbocycles. The van der Waals surface area contributed by atoms with Crippen molar-refractivity contribution in [3.63, 3.8) is 0 Å². The molecule has 80 heavy (non-hydrogen) atoms. The van der Waals surface area contributed by atoms with Gasteiger partial charge in [-0.2, -0.15) is 0 Å². The van der Waals surface area contributed by atoms with Crippen LogP contribution in [0.25, 0.3) is 22.3 Å². The lowest BCUT2D eigenvalue weighted by Crippen LogP contribution is -2.67. The molecule has 9 rings (SSSR count). The molecule has 3 aliphatic heterocycles. The molecule has 26 nitrogen and oxygen atoms in total. The number of ether oxygens (including phenoxy) is 10. The summed E-state index contributed by atoms with van der Waals surface area (Å²) in [6.45, 7) is 0.379. The summed E-state index contributed by atoms with van der Waals surface area (Å²) in [4.78, 5) is 58.1. The number of rotatable bonds is 20. The molecule has 15 atom stereocenters. The maximum absolute atomic E-state index is 12.5. The van der Waals surface area contributed by atoms with Crippen LogP contribution in [-0.2, 0) is 61.8 Å². The third kappa shape index (κ3) is 13.5. The largest absolute Gasteiger partial charge is 0.449 e. The lowest BCUT2D eigenvalue weighted by atomic mass is 9.96. The smallest absolute Gasteiger partial charge is 0.407 e. The standard InChI is InChI=1S/C31H38N2O14.C23H25NO9/c1-15(36)33-22-24(38)23(37)21(12-34)45-28(22)46-27-25(39)26(40)29(47-30(27)44-14-35)42-11-10-32-31(41)43-13-20-18-8-4-2-6-16(18)17-7-3-5-9-19(17)20;25-12-32-22-20(28)18(26)19(27)21(33-22)30-10-9-24-23(29)31-11-17-15-7-3-1-5-13(15)14-6-2-4-8-16(14)17/h2-9,14,20-30,34,37-40H,10-13H2,1H3,(H,32,41)(H,33,36);1-8,12,17-22,26-28H,9-11H2,(H,24,29)/t21?,22?,23-,24-,25-,26?,27+,28-,29-,30?;18-,19?,20+,21-,22?/m11/s1. The summed E-state index contributed by atoms with van der Waals surface area (Å²) in [5.41, 5.74) is 8.77. The van der Waals surface area contributed by atoms with Crippen molar-refractivity contribution in [3.8, 4) is 22.3 Å². The van der Waals surface area contributed by atoms with Crippen molar-refractivity contribution in [2.45, 2.75) is 111 Å². The van der Waals surface area contributed by atoms with Crippen LogP contribution in [0.5, 0.6) is 0 Å². The monoisotopic (exact) mass is 1120 g/mol. The summed E-state index contributed by atoms with van der Waals surface area (Å²) < 4.78 is 52.9. The Labute approximate surface area is 456 Å². The molecule has 3 fully saturated rings. The molecule has 432 valence electrons. The summed E-state index contributed by atoms with van der Waals surface area (Å²) in [6.07, 6.45) is -23.7. The lowest BCUT2D eigenvalue weighted by Gasteiger charge is -2.46. The number of fused-ring (bicyclic) bond motifs is 6. The molecule has 5 aliphatic rings. The van der Waals surface area contributed by atoms with E-state index in [9.17, 15) is 64.8 Å². The third-order valence-electron chi connectivity index (χ3n) is 13.9. The van der Waals surface area contributed by atoms with Gasteiger partial charge in [0.1, 0.15) is 68.1 Å². The number of carbonyl (C=O) groups excluding carboxylic acids is 5. The van der Waals surface area contributed by atoms with Gasteiger partial charge in [-0.1, -0.05) is 97.1 Å². The maximum atomic E-state index is 12.5. The Balaban J connectivity index is 0.000000223. The van der Waals surface area contributed by atoms with E-state index in [2.05, 4.69) is 20.7 Å². The molecular weight excluding hydrogens is 1060 g/mol. The molecular formula is C54H63N3O23. The van der Waals surface area contributed by atoms with Gasteiger partial charge in [-0.15, -0.1) is 0 Å². The van der Waals surface area contributed by atoms with Crippen molar-refractivity contribution in [2.24, 2.45) is 0 Å². The van der Waals surface area contributed by atoms with Gasteiger partial charge in [0.05, 0.1) is 19.8 Å². The van der Waals surface area contributed by atoms with E-state index in [1.54, 1.807) is 0 Å². The van der Waals surface area contributed by atoms with Crippen molar-refractivity contribution < 1.29 is 112 Å². The summed E-state index contributed by atoms with van der Waals surface area (Å²) in [7, 11) is 0. The van der Waals surface area contributed by atoms with Crippen molar-refractivity contribution in [1.82, 2.24) is 16.0 Å². The second-order valence-corrected chi connectivity index (χ2v) is 18.9. The SMILES string of the molecule is CC(=O)NC1[C@@H](O[C@@H]2C(OC=O)O[C@@H](OCCNC(=O)OCC3c4ccccc4-c4ccccc43)C(O)[C@H]2O)OC(CO)[C@@H](O)[C@@H]1O.O=COC1O[C@@H](OCCNC(=O)OCC2c3ccccc3-c3ccccc32)C(O)[C@@H](O)[C@@H]1O. The molecule has 0 bridgehead atoms. The second-order valence-electron chi connectivity index (χ2n) is 18.9. The van der Waals surface area contributed by atoms with Gasteiger partial charge in [-0.25, -0.2) is 9.59 Å². The van der Waals surface area contributed by atoms with Gasteiger partial charge in [0, 0.05) is 31.8 Å². The first kappa shape index (κ1) is 59.4. The first-order chi connectivity index (χ1) is 38.6. The molecule has 3 amide bonds. The normalized spacial score (nSPS) is 29.4. The van der Waals surface area contributed by atoms with E-state index in [4.69, 9.17) is 42.6 Å². The number of benzene rings is 4. The molecule has 3 heterocycles. The first-order valence-electron chi connectivity index (χ1n) is 25.5. The number of alkyl carbamates (subject to hydrolysis) is 2. The van der Waals surface area contributed by atoms with E-state index in [1.165, 1.54) is 0 Å². The fourth-order valence-corrected chi connectivity index (χ4v) is 10.1. The number of carbonyl (C=O) groups is 5. The average Bonchev–Trinajstić information content (AvgIpc) is 3.98. The van der Waals surface area contributed by atoms with Crippen LogP contribution in [0.3, 0.4) is 0 Å². The number of nitrogens with one attached hydrogen (secondary N) is 3. The summed E-state index contributed by atoms with van der Waals surface area (Å²) >= 11 is 0. The van der Waals surface area contributed by atoms with Gasteiger partial charge in [0.2, 0.25) is 18.5 Å². The number of aliphatic hydroxyl groups excluding tert-OH is 8. The van der Waals surface area contributed by atoms with Crippen molar-refractivity contribution in [1.29, 1.82) is 0 Å². The average molecular weight is 1120 g/mol. The van der Waals surface area contributed by atoms with Gasteiger partial charge < -0.3 is 104 Å². The zero-order chi connectivity index (χ0) is 57.0. The summed E-state index contributed by atoms with van der Waals surface area (Å²) in [6, 6.07) is 30.5. The molecule has 4 aromatic carbocycles. The van der Waals surface area contributed by atoms with E-state index in [0.29, 0.717) is 0 Å². The predicted molar refractivity (Wildman–Crippen MR) is 270 cm³/mol. The molecule has 0 radical (unpaired) electrons. The Morgan fingerprint density at radius 2 is 0.925 bits per heavy atom. The fraction of sp³-hybridized carbons (Fsp3) is 0.463. The molecule has 0 aromatic heterocycles. The van der Waals surface area contributed by atoms with E-state index in [0.717, 1.165) is 51.4 Å². The van der Waals surface area contributed by atoms with Gasteiger partial charge in [0.25, 0.3) is 12.9 Å². The maximum Gasteiger partial charge on any atom is 0.407 e. The van der Waals surface area contributed by atoms with E-state index in [1.807, 2.05) is 97.1 Å². The second kappa shape index (κ2) is 27.6. The molecule has 3 saturated heterocycles. The van der Waals surface area contributed by atoms with Crippen LogP contribution in [-0.4, -0.2) is 210 Å². The molecule has 26 heteroatoms. The number of hydrogen-bond acceptors (Lipinski definition) is 23. The van der Waals surface area contributed by atoms with Crippen LogP contribution in [0.1, 0.15) is 41.0 Å². The Hall–Kier alpha value is -6.73. The van der Waals surface area contributed by atoms with Crippen LogP contribution in [0, 0.1) is 0 Å². The van der Waals surface area contributed by atoms with Gasteiger partial charge >= 0.3 is 12.2 Å². The van der Waals surface area contributed by atoms with E-state index >= 15 is 0 Å². The highest BCUT2D eigenvalue weighted by atomic mass is 16.8. The number of hydrogen-bond donors (Lipinski definition) is 11. The van der Waals surface area contributed by atoms with Crippen LogP contribution in [0.2, 0.25) is 0 Å². The highest BCUT2D eigenvalue weighted by molar-refractivity contribution is 5.80. The van der Waals surface area contributed by atoms with Gasteiger partial charge in [0.15, 0.2) is 25.0 Å². The van der Waals surface area contributed by atoms with Crippen LogP contribution in [0.15, 0.2) is 97.1 Å². The molecule has 0 saturated carbocycles. The van der Waals surface area contributed by atoms with E-state index < -0.39 is 117 Å². The predicted octanol–water partition coefficient (Wildman–Crippen LogP) is -1.07. The number of amides is 3. The van der Waals surface area contributed by atoms with Crippen LogP contribution >= 0.6 is 0 Å². The Kier molecular flexibility index (Phi) is 20.5.